The maximum absolute atomic E-state index is 12.7. The van der Waals surface area contributed by atoms with Gasteiger partial charge in [0.05, 0.1) is 16.6 Å². The predicted octanol–water partition coefficient (Wildman–Crippen LogP) is 3.35. The maximum Gasteiger partial charge on any atom is 0.224 e. The van der Waals surface area contributed by atoms with Gasteiger partial charge in [0.15, 0.2) is 5.65 Å². The molecule has 2 amide bonds. The zero-order chi connectivity index (χ0) is 25.4. The molecule has 1 saturated heterocycles. The van der Waals surface area contributed by atoms with Crippen molar-refractivity contribution in [2.45, 2.75) is 38.1 Å². The van der Waals surface area contributed by atoms with Gasteiger partial charge in [0.2, 0.25) is 17.8 Å². The van der Waals surface area contributed by atoms with Gasteiger partial charge in [-0.1, -0.05) is 6.07 Å². The molecule has 2 aliphatic rings. The maximum atomic E-state index is 12.7. The Hall–Kier alpha value is -3.60. The molecule has 37 heavy (non-hydrogen) atoms. The van der Waals surface area contributed by atoms with Gasteiger partial charge in [-0.05, 0) is 71.8 Å². The van der Waals surface area contributed by atoms with Gasteiger partial charge in [0, 0.05) is 49.2 Å². The van der Waals surface area contributed by atoms with Crippen LogP contribution in [-0.4, -0.2) is 55.7 Å². The fourth-order valence-electron chi connectivity index (χ4n) is 5.26. The van der Waals surface area contributed by atoms with E-state index in [-0.39, 0.29) is 29.7 Å². The normalized spacial score (nSPS) is 21.8. The molecule has 1 saturated carbocycles. The number of anilines is 1. The molecule has 3 atom stereocenters. The van der Waals surface area contributed by atoms with Crippen LogP contribution in [0.25, 0.3) is 27.6 Å². The molecule has 1 aromatic carbocycles. The number of amides is 2. The highest BCUT2D eigenvalue weighted by molar-refractivity contribution is 9.10. The number of halogens is 1. The second-order valence-electron chi connectivity index (χ2n) is 9.82. The number of rotatable bonds is 6. The van der Waals surface area contributed by atoms with Crippen molar-refractivity contribution < 1.29 is 9.59 Å². The van der Waals surface area contributed by atoms with Crippen LogP contribution in [0.2, 0.25) is 0 Å². The monoisotopic (exact) mass is 562 g/mol. The van der Waals surface area contributed by atoms with Gasteiger partial charge in [-0.25, -0.2) is 9.67 Å². The van der Waals surface area contributed by atoms with Crippen LogP contribution in [0.5, 0.6) is 0 Å². The van der Waals surface area contributed by atoms with E-state index in [1.165, 1.54) is 0 Å². The van der Waals surface area contributed by atoms with Crippen LogP contribution in [0.3, 0.4) is 0 Å². The molecule has 190 valence electrons. The summed E-state index contributed by atoms with van der Waals surface area (Å²) in [5.41, 5.74) is 2.49. The van der Waals surface area contributed by atoms with E-state index in [0.29, 0.717) is 35.7 Å². The highest BCUT2D eigenvalue weighted by atomic mass is 79.9. The second kappa shape index (κ2) is 10.0. The number of piperidine rings is 1. The van der Waals surface area contributed by atoms with Crippen molar-refractivity contribution in [3.05, 3.63) is 47.3 Å². The molecule has 0 spiro atoms. The number of hydrogen-bond acceptors (Lipinski definition) is 7. The number of pyridine rings is 1. The Labute approximate surface area is 221 Å². The van der Waals surface area contributed by atoms with E-state index in [2.05, 4.69) is 46.9 Å². The molecule has 0 bridgehead atoms. The lowest BCUT2D eigenvalue weighted by atomic mass is 9.97. The molecule has 4 aromatic rings. The quantitative estimate of drug-likeness (QED) is 0.329. The Bertz CT molecular complexity index is 1490. The molecular weight excluding hydrogens is 536 g/mol. The minimum absolute atomic E-state index is 0.0514. The van der Waals surface area contributed by atoms with Crippen molar-refractivity contribution in [1.29, 1.82) is 0 Å². The first-order valence-corrected chi connectivity index (χ1v) is 13.4. The number of hydrogen-bond donors (Lipinski definition) is 3. The molecule has 1 unspecified atom stereocenters. The number of carbonyl (C=O) groups excluding carboxylic acids is 2. The average molecular weight is 563 g/mol. The van der Waals surface area contributed by atoms with Crippen molar-refractivity contribution in [2.75, 3.05) is 18.4 Å². The average Bonchev–Trinajstić information content (AvgIpc) is 3.51. The van der Waals surface area contributed by atoms with Crippen LogP contribution >= 0.6 is 15.9 Å². The summed E-state index contributed by atoms with van der Waals surface area (Å²) in [7, 11) is 0. The van der Waals surface area contributed by atoms with E-state index in [9.17, 15) is 9.59 Å². The lowest BCUT2D eigenvalue weighted by molar-refractivity contribution is -0.126. The molecule has 4 heterocycles. The highest BCUT2D eigenvalue weighted by Gasteiger charge is 2.31. The second-order valence-corrected chi connectivity index (χ2v) is 10.6. The molecule has 0 radical (unpaired) electrons. The first kappa shape index (κ1) is 23.8. The predicted molar refractivity (Wildman–Crippen MR) is 143 cm³/mol. The highest BCUT2D eigenvalue weighted by Crippen LogP contribution is 2.30. The summed E-state index contributed by atoms with van der Waals surface area (Å²) in [5.74, 6) is 0.821. The Morgan fingerprint density at radius 1 is 1.19 bits per heavy atom. The Morgan fingerprint density at radius 2 is 2.11 bits per heavy atom. The molecule has 6 rings (SSSR count). The van der Waals surface area contributed by atoms with Gasteiger partial charge in [0.1, 0.15) is 4.60 Å². The zero-order valence-electron chi connectivity index (χ0n) is 20.2. The van der Waals surface area contributed by atoms with E-state index in [0.717, 1.165) is 47.7 Å². The topological polar surface area (TPSA) is 127 Å². The Balaban J connectivity index is 1.14. The molecule has 10 nitrogen and oxygen atoms in total. The van der Waals surface area contributed by atoms with Crippen LogP contribution in [0.15, 0.2) is 47.3 Å². The van der Waals surface area contributed by atoms with E-state index >= 15 is 0 Å². The molecule has 2 fully saturated rings. The fourth-order valence-corrected chi connectivity index (χ4v) is 5.70. The number of benzene rings is 1. The summed E-state index contributed by atoms with van der Waals surface area (Å²) in [6.45, 7) is 1.25. The van der Waals surface area contributed by atoms with Gasteiger partial charge >= 0.3 is 0 Å². The lowest BCUT2D eigenvalue weighted by Crippen LogP contribution is -2.40. The van der Waals surface area contributed by atoms with Crippen molar-refractivity contribution >= 4 is 55.6 Å². The third-order valence-electron chi connectivity index (χ3n) is 7.26. The minimum atomic E-state index is -0.0514. The SMILES string of the molecule is O=C1CC(CNC(=O)[C@@H]2CC[C@@H](Nc3ncc4c(Br)nn(-c5ccc6ncccc6c5)c4n3)C2)CCN1. The number of aromatic nitrogens is 5. The van der Waals surface area contributed by atoms with Crippen molar-refractivity contribution in [1.82, 2.24) is 35.4 Å². The third kappa shape index (κ3) is 5.00. The molecule has 3 N–H and O–H groups in total. The molecular formula is C26H27BrN8O2. The van der Waals surface area contributed by atoms with E-state index < -0.39 is 0 Å². The van der Waals surface area contributed by atoms with Gasteiger partial charge in [-0.15, -0.1) is 0 Å². The number of nitrogens with one attached hydrogen (secondary N) is 3. The van der Waals surface area contributed by atoms with Gasteiger partial charge in [-0.2, -0.15) is 10.1 Å². The zero-order valence-corrected chi connectivity index (χ0v) is 21.7. The van der Waals surface area contributed by atoms with Gasteiger partial charge < -0.3 is 16.0 Å². The number of carbonyl (C=O) groups is 2. The summed E-state index contributed by atoms with van der Waals surface area (Å²) in [6.07, 6.45) is 7.33. The van der Waals surface area contributed by atoms with Crippen LogP contribution in [0.1, 0.15) is 32.1 Å². The van der Waals surface area contributed by atoms with E-state index in [1.807, 2.05) is 30.3 Å². The molecule has 1 aliphatic carbocycles. The van der Waals surface area contributed by atoms with Gasteiger partial charge in [-0.3, -0.25) is 14.6 Å². The standard InChI is InChI=1S/C26H27BrN8O2/c27-23-20-14-31-26(33-24(20)35(34-23)19-5-6-21-16(12-19)2-1-8-28-21)32-18-4-3-17(11-18)25(37)30-13-15-7-9-29-22(36)10-15/h1-2,5-6,8,12,14-15,17-18H,3-4,7,9-11,13H2,(H,29,36)(H,30,37)(H,31,32,33)/t15?,17-,18-/m1/s1. The van der Waals surface area contributed by atoms with Gasteiger partial charge in [0.25, 0.3) is 0 Å². The lowest BCUT2D eigenvalue weighted by Gasteiger charge is -2.23. The molecule has 1 aliphatic heterocycles. The summed E-state index contributed by atoms with van der Waals surface area (Å²) in [6, 6.07) is 10.0. The summed E-state index contributed by atoms with van der Waals surface area (Å²) in [4.78, 5) is 38.0. The first-order chi connectivity index (χ1) is 18.0. The van der Waals surface area contributed by atoms with Crippen LogP contribution in [0.4, 0.5) is 5.95 Å². The Morgan fingerprint density at radius 3 is 3.00 bits per heavy atom. The summed E-state index contributed by atoms with van der Waals surface area (Å²) in [5, 5.41) is 15.8. The van der Waals surface area contributed by atoms with Crippen molar-refractivity contribution in [3.63, 3.8) is 0 Å². The van der Waals surface area contributed by atoms with E-state index in [1.54, 1.807) is 17.1 Å². The fraction of sp³-hybridized carbons (Fsp3) is 0.385. The van der Waals surface area contributed by atoms with Crippen LogP contribution < -0.4 is 16.0 Å². The number of nitrogens with zero attached hydrogens (tertiary/aromatic N) is 5. The molecule has 11 heteroatoms. The summed E-state index contributed by atoms with van der Waals surface area (Å²) >= 11 is 3.54. The van der Waals surface area contributed by atoms with Crippen molar-refractivity contribution in [3.8, 4) is 5.69 Å². The smallest absolute Gasteiger partial charge is 0.224 e. The summed E-state index contributed by atoms with van der Waals surface area (Å²) < 4.78 is 2.48. The van der Waals surface area contributed by atoms with Crippen molar-refractivity contribution in [2.24, 2.45) is 11.8 Å². The largest absolute Gasteiger partial charge is 0.356 e. The third-order valence-corrected chi connectivity index (χ3v) is 7.85. The van der Waals surface area contributed by atoms with Crippen LogP contribution in [-0.2, 0) is 9.59 Å². The first-order valence-electron chi connectivity index (χ1n) is 12.6. The molecule has 3 aromatic heterocycles. The Kier molecular flexibility index (Phi) is 6.45. The van der Waals surface area contributed by atoms with E-state index in [4.69, 9.17) is 4.98 Å². The number of fused-ring (bicyclic) bond motifs is 2. The minimum Gasteiger partial charge on any atom is -0.356 e. The van der Waals surface area contributed by atoms with Crippen LogP contribution in [0, 0.1) is 11.8 Å².